The van der Waals surface area contributed by atoms with Crippen LogP contribution in [0.3, 0.4) is 0 Å². The summed E-state index contributed by atoms with van der Waals surface area (Å²) in [6.07, 6.45) is 0.124. The molecule has 2 aromatic rings. The van der Waals surface area contributed by atoms with Gasteiger partial charge >= 0.3 is 0 Å². The molecule has 15 heavy (non-hydrogen) atoms. The molecule has 0 saturated heterocycles. The van der Waals surface area contributed by atoms with Crippen LogP contribution in [0.1, 0.15) is 19.5 Å². The second kappa shape index (κ2) is 3.85. The minimum atomic E-state index is 0.124. The zero-order chi connectivity index (χ0) is 10.8. The van der Waals surface area contributed by atoms with Gasteiger partial charge in [-0.05, 0) is 32.9 Å². The number of aromatic nitrogens is 2. The fourth-order valence-corrected chi connectivity index (χ4v) is 1.41. The first-order valence-electron chi connectivity index (χ1n) is 5.07. The van der Waals surface area contributed by atoms with Gasteiger partial charge in [0.25, 0.3) is 0 Å². The third-order valence-corrected chi connectivity index (χ3v) is 2.05. The van der Waals surface area contributed by atoms with E-state index in [0.717, 1.165) is 16.7 Å². The molecular weight excluding hydrogens is 188 g/mol. The standard InChI is InChI=1S/C12H14N2O/c1-8(2)15-12-9(3)13-10-6-4-5-7-11(10)14-12/h4-8H,1-3H3. The second-order valence-corrected chi connectivity index (χ2v) is 3.77. The van der Waals surface area contributed by atoms with Crippen LogP contribution in [-0.4, -0.2) is 16.1 Å². The fourth-order valence-electron chi connectivity index (χ4n) is 1.41. The highest BCUT2D eigenvalue weighted by molar-refractivity contribution is 5.74. The van der Waals surface area contributed by atoms with Crippen LogP contribution in [0.4, 0.5) is 0 Å². The normalized spacial score (nSPS) is 10.9. The van der Waals surface area contributed by atoms with Gasteiger partial charge in [0.2, 0.25) is 5.88 Å². The minimum absolute atomic E-state index is 0.124. The second-order valence-electron chi connectivity index (χ2n) is 3.77. The van der Waals surface area contributed by atoms with E-state index in [0.29, 0.717) is 5.88 Å². The average Bonchev–Trinajstić information content (AvgIpc) is 2.18. The van der Waals surface area contributed by atoms with Crippen molar-refractivity contribution < 1.29 is 4.74 Å². The molecule has 0 saturated carbocycles. The van der Waals surface area contributed by atoms with E-state index in [1.165, 1.54) is 0 Å². The van der Waals surface area contributed by atoms with Gasteiger partial charge < -0.3 is 4.74 Å². The molecule has 0 aliphatic rings. The molecule has 0 unspecified atom stereocenters. The van der Waals surface area contributed by atoms with Crippen molar-refractivity contribution in [2.24, 2.45) is 0 Å². The predicted molar refractivity (Wildman–Crippen MR) is 60.0 cm³/mol. The number of rotatable bonds is 2. The van der Waals surface area contributed by atoms with Crippen LogP contribution in [-0.2, 0) is 0 Å². The van der Waals surface area contributed by atoms with Gasteiger partial charge in [-0.2, -0.15) is 0 Å². The number of fused-ring (bicyclic) bond motifs is 1. The van der Waals surface area contributed by atoms with Gasteiger partial charge in [0.15, 0.2) is 0 Å². The fraction of sp³-hybridized carbons (Fsp3) is 0.333. The summed E-state index contributed by atoms with van der Waals surface area (Å²) in [6.45, 7) is 5.88. The number of benzene rings is 1. The maximum absolute atomic E-state index is 5.58. The van der Waals surface area contributed by atoms with E-state index in [4.69, 9.17) is 4.74 Å². The Morgan fingerprint density at radius 1 is 1.07 bits per heavy atom. The SMILES string of the molecule is Cc1nc2ccccc2nc1OC(C)C. The molecule has 0 N–H and O–H groups in total. The minimum Gasteiger partial charge on any atom is -0.474 e. The number of para-hydroxylation sites is 2. The topological polar surface area (TPSA) is 35.0 Å². The lowest BCUT2D eigenvalue weighted by atomic mass is 10.3. The Hall–Kier alpha value is -1.64. The Labute approximate surface area is 89.1 Å². The van der Waals surface area contributed by atoms with Gasteiger partial charge in [0.05, 0.1) is 17.1 Å². The van der Waals surface area contributed by atoms with Gasteiger partial charge in [-0.15, -0.1) is 0 Å². The molecule has 2 rings (SSSR count). The maximum Gasteiger partial charge on any atom is 0.236 e. The summed E-state index contributed by atoms with van der Waals surface area (Å²) in [6, 6.07) is 7.80. The number of hydrogen-bond donors (Lipinski definition) is 0. The molecule has 3 heteroatoms. The Morgan fingerprint density at radius 2 is 1.67 bits per heavy atom. The van der Waals surface area contributed by atoms with Crippen molar-refractivity contribution in [1.29, 1.82) is 0 Å². The average molecular weight is 202 g/mol. The Kier molecular flexibility index (Phi) is 2.54. The van der Waals surface area contributed by atoms with Gasteiger partial charge in [-0.1, -0.05) is 12.1 Å². The molecule has 0 bridgehead atoms. The van der Waals surface area contributed by atoms with Crippen molar-refractivity contribution in [1.82, 2.24) is 9.97 Å². The van der Waals surface area contributed by atoms with E-state index in [9.17, 15) is 0 Å². The van der Waals surface area contributed by atoms with Crippen LogP contribution < -0.4 is 4.74 Å². The summed E-state index contributed by atoms with van der Waals surface area (Å²) in [5.74, 6) is 0.628. The summed E-state index contributed by atoms with van der Waals surface area (Å²) in [7, 11) is 0. The third kappa shape index (κ3) is 2.06. The van der Waals surface area contributed by atoms with Crippen molar-refractivity contribution in [2.75, 3.05) is 0 Å². The zero-order valence-electron chi connectivity index (χ0n) is 9.19. The monoisotopic (exact) mass is 202 g/mol. The summed E-state index contributed by atoms with van der Waals surface area (Å²) >= 11 is 0. The molecule has 0 aliphatic carbocycles. The molecule has 0 fully saturated rings. The van der Waals surface area contributed by atoms with E-state index < -0.39 is 0 Å². The number of ether oxygens (including phenoxy) is 1. The molecule has 0 amide bonds. The van der Waals surface area contributed by atoms with Crippen molar-refractivity contribution in [3.8, 4) is 5.88 Å². The van der Waals surface area contributed by atoms with E-state index in [1.807, 2.05) is 45.0 Å². The lowest BCUT2D eigenvalue weighted by molar-refractivity contribution is 0.230. The predicted octanol–water partition coefficient (Wildman–Crippen LogP) is 2.73. The van der Waals surface area contributed by atoms with Crippen molar-refractivity contribution in [3.63, 3.8) is 0 Å². The summed E-state index contributed by atoms with van der Waals surface area (Å²) in [5, 5.41) is 0. The number of aryl methyl sites for hydroxylation is 1. The van der Waals surface area contributed by atoms with Crippen LogP contribution in [0.25, 0.3) is 11.0 Å². The first kappa shape index (κ1) is 9.90. The molecule has 1 aromatic carbocycles. The van der Waals surface area contributed by atoms with E-state index in [2.05, 4.69) is 9.97 Å². The molecule has 78 valence electrons. The van der Waals surface area contributed by atoms with Crippen molar-refractivity contribution >= 4 is 11.0 Å². The molecule has 0 spiro atoms. The highest BCUT2D eigenvalue weighted by Gasteiger charge is 2.06. The lowest BCUT2D eigenvalue weighted by Crippen LogP contribution is -2.09. The Morgan fingerprint density at radius 3 is 2.27 bits per heavy atom. The largest absolute Gasteiger partial charge is 0.474 e. The molecular formula is C12H14N2O. The third-order valence-electron chi connectivity index (χ3n) is 2.05. The van der Waals surface area contributed by atoms with Crippen LogP contribution in [0, 0.1) is 6.92 Å². The number of nitrogens with zero attached hydrogens (tertiary/aromatic N) is 2. The molecule has 3 nitrogen and oxygen atoms in total. The van der Waals surface area contributed by atoms with Crippen molar-refractivity contribution in [3.05, 3.63) is 30.0 Å². The van der Waals surface area contributed by atoms with Crippen LogP contribution in [0.15, 0.2) is 24.3 Å². The molecule has 1 heterocycles. The molecule has 1 aromatic heterocycles. The molecule has 0 radical (unpaired) electrons. The highest BCUT2D eigenvalue weighted by atomic mass is 16.5. The molecule has 0 aliphatic heterocycles. The van der Waals surface area contributed by atoms with Gasteiger partial charge in [0, 0.05) is 0 Å². The van der Waals surface area contributed by atoms with Crippen LogP contribution in [0.5, 0.6) is 5.88 Å². The number of hydrogen-bond acceptors (Lipinski definition) is 3. The smallest absolute Gasteiger partial charge is 0.236 e. The van der Waals surface area contributed by atoms with Crippen LogP contribution in [0.2, 0.25) is 0 Å². The Balaban J connectivity index is 2.52. The summed E-state index contributed by atoms with van der Waals surface area (Å²) in [4.78, 5) is 8.87. The first-order valence-corrected chi connectivity index (χ1v) is 5.07. The Bertz CT molecular complexity index is 480. The van der Waals surface area contributed by atoms with Gasteiger partial charge in [-0.3, -0.25) is 0 Å². The summed E-state index contributed by atoms with van der Waals surface area (Å²) in [5.41, 5.74) is 2.62. The van der Waals surface area contributed by atoms with E-state index >= 15 is 0 Å². The van der Waals surface area contributed by atoms with Crippen molar-refractivity contribution in [2.45, 2.75) is 26.9 Å². The highest BCUT2D eigenvalue weighted by Crippen LogP contribution is 2.18. The lowest BCUT2D eigenvalue weighted by Gasteiger charge is -2.11. The van der Waals surface area contributed by atoms with Gasteiger partial charge in [0.1, 0.15) is 5.69 Å². The zero-order valence-corrected chi connectivity index (χ0v) is 9.19. The van der Waals surface area contributed by atoms with E-state index in [1.54, 1.807) is 0 Å². The van der Waals surface area contributed by atoms with Gasteiger partial charge in [-0.25, -0.2) is 9.97 Å². The van der Waals surface area contributed by atoms with Crippen LogP contribution >= 0.6 is 0 Å². The quantitative estimate of drug-likeness (QED) is 0.751. The maximum atomic E-state index is 5.58. The summed E-state index contributed by atoms with van der Waals surface area (Å²) < 4.78 is 5.58. The first-order chi connectivity index (χ1) is 7.16. The molecule has 0 atom stereocenters. The van der Waals surface area contributed by atoms with E-state index in [-0.39, 0.29) is 6.10 Å².